The quantitative estimate of drug-likeness (QED) is 0.622. The van der Waals surface area contributed by atoms with Gasteiger partial charge in [0.05, 0.1) is 12.1 Å². The first-order chi connectivity index (χ1) is 12.5. The molecule has 0 atom stereocenters. The lowest BCUT2D eigenvalue weighted by molar-refractivity contribution is -0.121. The highest BCUT2D eigenvalue weighted by Gasteiger charge is 2.11. The molecule has 0 saturated heterocycles. The van der Waals surface area contributed by atoms with E-state index >= 15 is 0 Å². The molecule has 1 aromatic heterocycles. The summed E-state index contributed by atoms with van der Waals surface area (Å²) in [5, 5.41) is 3.86. The van der Waals surface area contributed by atoms with Crippen molar-refractivity contribution in [2.24, 2.45) is 0 Å². The van der Waals surface area contributed by atoms with Crippen molar-refractivity contribution >= 4 is 40.2 Å². The highest BCUT2D eigenvalue weighted by atomic mass is 35.5. The van der Waals surface area contributed by atoms with Gasteiger partial charge < -0.3 is 14.5 Å². The molecular weight excluding hydrogens is 379 g/mol. The van der Waals surface area contributed by atoms with E-state index in [9.17, 15) is 9.59 Å². The Morgan fingerprint density at radius 1 is 1.12 bits per heavy atom. The summed E-state index contributed by atoms with van der Waals surface area (Å²) in [6.07, 6.45) is 0.151. The summed E-state index contributed by atoms with van der Waals surface area (Å²) >= 11 is 11.7. The minimum absolute atomic E-state index is 0.151. The summed E-state index contributed by atoms with van der Waals surface area (Å²) in [5.74, 6) is -0.0141. The Kier molecular flexibility index (Phi) is 5.85. The van der Waals surface area contributed by atoms with Crippen LogP contribution in [0, 0.1) is 0 Å². The third-order valence-electron chi connectivity index (χ3n) is 3.70. The van der Waals surface area contributed by atoms with E-state index in [1.165, 1.54) is 4.57 Å². The number of aromatic nitrogens is 1. The van der Waals surface area contributed by atoms with Gasteiger partial charge >= 0.3 is 5.76 Å². The summed E-state index contributed by atoms with van der Waals surface area (Å²) in [4.78, 5) is 23.8. The first-order valence-electron chi connectivity index (χ1n) is 7.97. The normalized spacial score (nSPS) is 10.8. The number of oxazole rings is 1. The van der Waals surface area contributed by atoms with Crippen molar-refractivity contribution in [2.75, 3.05) is 13.2 Å². The number of carbonyl (C=O) groups is 1. The number of halogens is 2. The molecule has 26 heavy (non-hydrogen) atoms. The number of fused-ring (bicyclic) bond motifs is 1. The van der Waals surface area contributed by atoms with Crippen molar-refractivity contribution in [3.63, 3.8) is 0 Å². The number of amides is 1. The maximum absolute atomic E-state index is 11.9. The molecule has 2 aromatic carbocycles. The number of hydrogen-bond acceptors (Lipinski definition) is 4. The number of nitrogens with zero attached hydrogens (tertiary/aromatic N) is 1. The van der Waals surface area contributed by atoms with Crippen LogP contribution in [0.3, 0.4) is 0 Å². The van der Waals surface area contributed by atoms with Crippen LogP contribution in [0.2, 0.25) is 10.0 Å². The van der Waals surface area contributed by atoms with Gasteiger partial charge in [0, 0.05) is 29.1 Å². The van der Waals surface area contributed by atoms with Crippen molar-refractivity contribution < 1.29 is 13.9 Å². The molecule has 1 heterocycles. The first kappa shape index (κ1) is 18.4. The van der Waals surface area contributed by atoms with E-state index < -0.39 is 5.76 Å². The Morgan fingerprint density at radius 2 is 1.85 bits per heavy atom. The number of benzene rings is 2. The molecule has 136 valence electrons. The monoisotopic (exact) mass is 394 g/mol. The molecule has 1 amide bonds. The standard InChI is InChI=1S/C18H16Cl2N2O4/c19-12-1-4-14(5-2-12)25-10-8-21-17(23)7-9-22-15-6-3-13(20)11-16(15)26-18(22)24/h1-6,11H,7-10H2,(H,21,23). The number of carbonyl (C=O) groups excluding carboxylic acids is 1. The van der Waals surface area contributed by atoms with Gasteiger partial charge in [-0.25, -0.2) is 4.79 Å². The minimum Gasteiger partial charge on any atom is -0.492 e. The van der Waals surface area contributed by atoms with Gasteiger partial charge in [-0.1, -0.05) is 23.2 Å². The molecule has 3 aromatic rings. The lowest BCUT2D eigenvalue weighted by Gasteiger charge is -2.08. The second kappa shape index (κ2) is 8.29. The predicted octanol–water partition coefficient (Wildman–Crippen LogP) is 3.49. The van der Waals surface area contributed by atoms with E-state index in [1.807, 2.05) is 0 Å². The zero-order valence-corrected chi connectivity index (χ0v) is 15.2. The smallest absolute Gasteiger partial charge is 0.419 e. The van der Waals surface area contributed by atoms with Crippen LogP contribution < -0.4 is 15.8 Å². The van der Waals surface area contributed by atoms with E-state index in [-0.39, 0.29) is 18.9 Å². The molecule has 0 radical (unpaired) electrons. The van der Waals surface area contributed by atoms with Crippen molar-refractivity contribution in [3.05, 3.63) is 63.1 Å². The third-order valence-corrected chi connectivity index (χ3v) is 4.19. The molecule has 1 N–H and O–H groups in total. The summed E-state index contributed by atoms with van der Waals surface area (Å²) in [5.41, 5.74) is 1.01. The van der Waals surface area contributed by atoms with Crippen molar-refractivity contribution in [3.8, 4) is 5.75 Å². The van der Waals surface area contributed by atoms with Crippen LogP contribution in [0.1, 0.15) is 6.42 Å². The number of aryl methyl sites for hydroxylation is 1. The average Bonchev–Trinajstić information content (AvgIpc) is 2.92. The van der Waals surface area contributed by atoms with Gasteiger partial charge in [0.1, 0.15) is 12.4 Å². The van der Waals surface area contributed by atoms with Gasteiger partial charge in [-0.2, -0.15) is 0 Å². The molecule has 0 aliphatic carbocycles. The lowest BCUT2D eigenvalue weighted by atomic mass is 10.3. The van der Waals surface area contributed by atoms with E-state index in [0.717, 1.165) is 0 Å². The molecule has 0 saturated carbocycles. The van der Waals surface area contributed by atoms with Crippen LogP contribution in [-0.4, -0.2) is 23.6 Å². The maximum Gasteiger partial charge on any atom is 0.419 e. The summed E-state index contributed by atoms with van der Waals surface area (Å²) in [6, 6.07) is 11.9. The van der Waals surface area contributed by atoms with Gasteiger partial charge in [-0.15, -0.1) is 0 Å². The molecule has 0 fully saturated rings. The van der Waals surface area contributed by atoms with E-state index in [0.29, 0.717) is 40.0 Å². The fraction of sp³-hybridized carbons (Fsp3) is 0.222. The van der Waals surface area contributed by atoms with Crippen LogP contribution in [-0.2, 0) is 11.3 Å². The maximum atomic E-state index is 11.9. The van der Waals surface area contributed by atoms with E-state index in [1.54, 1.807) is 42.5 Å². The zero-order chi connectivity index (χ0) is 18.5. The fourth-order valence-corrected chi connectivity index (χ4v) is 2.73. The van der Waals surface area contributed by atoms with Gasteiger partial charge in [-0.3, -0.25) is 9.36 Å². The van der Waals surface area contributed by atoms with Crippen LogP contribution in [0.15, 0.2) is 51.7 Å². The number of rotatable bonds is 7. The number of ether oxygens (including phenoxy) is 1. The van der Waals surface area contributed by atoms with Gasteiger partial charge in [0.2, 0.25) is 5.91 Å². The third kappa shape index (κ3) is 4.59. The minimum atomic E-state index is -0.513. The van der Waals surface area contributed by atoms with Crippen LogP contribution in [0.5, 0.6) is 5.75 Å². The largest absolute Gasteiger partial charge is 0.492 e. The molecular formula is C18H16Cl2N2O4. The van der Waals surface area contributed by atoms with Gasteiger partial charge in [0.15, 0.2) is 5.58 Å². The summed E-state index contributed by atoms with van der Waals surface area (Å²) in [7, 11) is 0. The summed E-state index contributed by atoms with van der Waals surface area (Å²) < 4.78 is 12.0. The Balaban J connectivity index is 1.46. The topological polar surface area (TPSA) is 73.5 Å². The first-order valence-corrected chi connectivity index (χ1v) is 8.72. The molecule has 0 bridgehead atoms. The SMILES string of the molecule is O=C(CCn1c(=O)oc2cc(Cl)ccc21)NCCOc1ccc(Cl)cc1. The van der Waals surface area contributed by atoms with Gasteiger partial charge in [-0.05, 0) is 36.4 Å². The molecule has 0 unspecified atom stereocenters. The van der Waals surface area contributed by atoms with E-state index in [4.69, 9.17) is 32.4 Å². The second-order valence-corrected chi connectivity index (χ2v) is 6.41. The molecule has 6 nitrogen and oxygen atoms in total. The summed E-state index contributed by atoms with van der Waals surface area (Å²) in [6.45, 7) is 0.913. The van der Waals surface area contributed by atoms with Crippen LogP contribution in [0.25, 0.3) is 11.1 Å². The highest BCUT2D eigenvalue weighted by Crippen LogP contribution is 2.18. The Hall–Kier alpha value is -2.44. The zero-order valence-electron chi connectivity index (χ0n) is 13.7. The molecule has 0 aliphatic heterocycles. The highest BCUT2D eigenvalue weighted by molar-refractivity contribution is 6.31. The lowest BCUT2D eigenvalue weighted by Crippen LogP contribution is -2.29. The van der Waals surface area contributed by atoms with Crippen molar-refractivity contribution in [1.82, 2.24) is 9.88 Å². The van der Waals surface area contributed by atoms with Crippen molar-refractivity contribution in [1.29, 1.82) is 0 Å². The Labute approximate surface area is 159 Å². The molecule has 8 heteroatoms. The van der Waals surface area contributed by atoms with Gasteiger partial charge in [0.25, 0.3) is 0 Å². The second-order valence-electron chi connectivity index (χ2n) is 5.53. The van der Waals surface area contributed by atoms with Crippen LogP contribution >= 0.6 is 23.2 Å². The average molecular weight is 395 g/mol. The molecule has 3 rings (SSSR count). The Morgan fingerprint density at radius 3 is 2.62 bits per heavy atom. The molecule has 0 aliphatic rings. The van der Waals surface area contributed by atoms with Crippen LogP contribution in [0.4, 0.5) is 0 Å². The number of nitrogens with one attached hydrogen (secondary N) is 1. The number of hydrogen-bond donors (Lipinski definition) is 1. The van der Waals surface area contributed by atoms with E-state index in [2.05, 4.69) is 5.32 Å². The molecule has 0 spiro atoms. The Bertz CT molecular complexity index is 963. The van der Waals surface area contributed by atoms with Crippen molar-refractivity contribution in [2.45, 2.75) is 13.0 Å². The fourth-order valence-electron chi connectivity index (χ4n) is 2.44. The predicted molar refractivity (Wildman–Crippen MR) is 100 cm³/mol.